The molecule has 2 heterocycles. The van der Waals surface area contributed by atoms with Gasteiger partial charge in [0.25, 0.3) is 11.1 Å². The third-order valence-electron chi connectivity index (χ3n) is 2.85. The van der Waals surface area contributed by atoms with Crippen LogP contribution in [0.4, 0.5) is 4.79 Å². The smallest absolute Gasteiger partial charge is 0.396 e. The molecule has 9 heteroatoms. The summed E-state index contributed by atoms with van der Waals surface area (Å²) < 4.78 is 4.24. The Hall–Kier alpha value is -2.68. The molecule has 1 fully saturated rings. The zero-order chi connectivity index (χ0) is 16.8. The molecule has 0 radical (unpaired) electrons. The number of ether oxygens (including phenoxy) is 1. The minimum absolute atomic E-state index is 0.0300. The summed E-state index contributed by atoms with van der Waals surface area (Å²) in [7, 11) is 1.08. The first-order valence-corrected chi connectivity index (χ1v) is 7.36. The molecule has 1 aliphatic rings. The van der Waals surface area contributed by atoms with E-state index in [1.807, 2.05) is 0 Å². The van der Waals surface area contributed by atoms with E-state index < -0.39 is 23.0 Å². The summed E-state index contributed by atoms with van der Waals surface area (Å²) in [4.78, 5) is 51.4. The van der Waals surface area contributed by atoms with Crippen molar-refractivity contribution >= 4 is 40.9 Å². The molecule has 0 aromatic carbocycles. The van der Waals surface area contributed by atoms with E-state index in [9.17, 15) is 19.2 Å². The van der Waals surface area contributed by atoms with Crippen LogP contribution in [0.2, 0.25) is 0 Å². The highest BCUT2D eigenvalue weighted by Gasteiger charge is 2.34. The van der Waals surface area contributed by atoms with Crippen molar-refractivity contribution in [3.05, 3.63) is 35.0 Å². The van der Waals surface area contributed by atoms with Gasteiger partial charge in [0.15, 0.2) is 0 Å². The lowest BCUT2D eigenvalue weighted by Gasteiger charge is -2.12. The topological polar surface area (TPSA) is 106 Å². The lowest BCUT2D eigenvalue weighted by Crippen LogP contribution is -2.39. The van der Waals surface area contributed by atoms with E-state index in [2.05, 4.69) is 15.0 Å². The third kappa shape index (κ3) is 4.16. The van der Waals surface area contributed by atoms with Gasteiger partial charge in [-0.25, -0.2) is 4.79 Å². The van der Waals surface area contributed by atoms with Crippen molar-refractivity contribution in [2.24, 2.45) is 0 Å². The molecular weight excluding hydrogens is 322 g/mol. The van der Waals surface area contributed by atoms with Crippen molar-refractivity contribution in [3.8, 4) is 0 Å². The second kappa shape index (κ2) is 7.54. The second-order valence-electron chi connectivity index (χ2n) is 4.37. The Labute approximate surface area is 135 Å². The number of pyridine rings is 1. The van der Waals surface area contributed by atoms with Gasteiger partial charge in [-0.2, -0.15) is 0 Å². The molecule has 23 heavy (non-hydrogen) atoms. The van der Waals surface area contributed by atoms with Gasteiger partial charge in [-0.3, -0.25) is 24.3 Å². The molecule has 1 aromatic rings. The highest BCUT2D eigenvalue weighted by molar-refractivity contribution is 8.18. The van der Waals surface area contributed by atoms with Gasteiger partial charge in [-0.05, 0) is 29.5 Å². The zero-order valence-electron chi connectivity index (χ0n) is 12.1. The van der Waals surface area contributed by atoms with Crippen molar-refractivity contribution in [1.82, 2.24) is 15.2 Å². The van der Waals surface area contributed by atoms with Crippen LogP contribution in [0.15, 0.2) is 29.4 Å². The maximum absolute atomic E-state index is 12.2. The highest BCUT2D eigenvalue weighted by Crippen LogP contribution is 2.31. The van der Waals surface area contributed by atoms with Gasteiger partial charge < -0.3 is 10.1 Å². The van der Waals surface area contributed by atoms with Gasteiger partial charge in [-0.15, -0.1) is 0 Å². The summed E-state index contributed by atoms with van der Waals surface area (Å²) in [6.45, 7) is -0.0655. The summed E-state index contributed by atoms with van der Waals surface area (Å²) >= 11 is 0.813. The normalized spacial score (nSPS) is 15.9. The lowest BCUT2D eigenvalue weighted by molar-refractivity contribution is -0.152. The maximum Gasteiger partial charge on any atom is 0.396 e. The molecule has 0 atom stereocenters. The number of aromatic nitrogens is 1. The summed E-state index contributed by atoms with van der Waals surface area (Å²) in [6, 6.07) is 3.48. The van der Waals surface area contributed by atoms with Crippen LogP contribution < -0.4 is 5.32 Å². The van der Waals surface area contributed by atoms with Crippen LogP contribution in [-0.4, -0.2) is 53.1 Å². The molecular formula is C14H13N3O5S. The summed E-state index contributed by atoms with van der Waals surface area (Å²) in [5.74, 6) is -2.41. The molecule has 1 saturated heterocycles. The number of rotatable bonds is 4. The van der Waals surface area contributed by atoms with E-state index >= 15 is 0 Å². The standard InChI is InChI=1S/C14H13N3O5S/c1-22-13(20)11(18)16-5-6-17-12(19)10(23-14(17)21)7-9-3-2-4-15-8-9/h2-4,7-8H,5-6H2,1H3,(H,16,18). The Morgan fingerprint density at radius 2 is 2.22 bits per heavy atom. The summed E-state index contributed by atoms with van der Waals surface area (Å²) in [5.41, 5.74) is 0.706. The van der Waals surface area contributed by atoms with E-state index in [0.29, 0.717) is 5.56 Å². The minimum Gasteiger partial charge on any atom is -0.462 e. The fourth-order valence-corrected chi connectivity index (χ4v) is 2.62. The first kappa shape index (κ1) is 16.7. The van der Waals surface area contributed by atoms with Crippen molar-refractivity contribution < 1.29 is 23.9 Å². The Kier molecular flexibility index (Phi) is 5.47. The SMILES string of the molecule is COC(=O)C(=O)NCCN1C(=O)SC(=Cc2cccnc2)C1=O. The molecule has 1 aliphatic heterocycles. The molecule has 0 unspecified atom stereocenters. The third-order valence-corrected chi connectivity index (χ3v) is 3.75. The molecule has 3 amide bonds. The number of carbonyl (C=O) groups excluding carboxylic acids is 4. The van der Waals surface area contributed by atoms with Crippen molar-refractivity contribution in [1.29, 1.82) is 0 Å². The Morgan fingerprint density at radius 1 is 1.43 bits per heavy atom. The van der Waals surface area contributed by atoms with E-state index in [4.69, 9.17) is 0 Å². The van der Waals surface area contributed by atoms with Gasteiger partial charge >= 0.3 is 11.9 Å². The molecule has 0 spiro atoms. The number of methoxy groups -OCH3 is 1. The average molecular weight is 335 g/mol. The molecule has 0 bridgehead atoms. The van der Waals surface area contributed by atoms with Crippen molar-refractivity contribution in [2.45, 2.75) is 0 Å². The highest BCUT2D eigenvalue weighted by atomic mass is 32.2. The monoisotopic (exact) mass is 335 g/mol. The molecule has 1 N–H and O–H groups in total. The molecule has 0 aliphatic carbocycles. The second-order valence-corrected chi connectivity index (χ2v) is 5.36. The van der Waals surface area contributed by atoms with Crippen LogP contribution in [-0.2, 0) is 19.1 Å². The number of imide groups is 1. The number of thioether (sulfide) groups is 1. The Bertz CT molecular complexity index is 674. The average Bonchev–Trinajstić information content (AvgIpc) is 2.82. The minimum atomic E-state index is -1.03. The van der Waals surface area contributed by atoms with Gasteiger partial charge in [0.2, 0.25) is 0 Å². The van der Waals surface area contributed by atoms with Crippen molar-refractivity contribution in [2.75, 3.05) is 20.2 Å². The molecule has 8 nitrogen and oxygen atoms in total. The fraction of sp³-hybridized carbons (Fsp3) is 0.214. The summed E-state index contributed by atoms with van der Waals surface area (Å²) in [6.07, 6.45) is 4.75. The Morgan fingerprint density at radius 3 is 2.87 bits per heavy atom. The first-order valence-electron chi connectivity index (χ1n) is 6.54. The van der Waals surface area contributed by atoms with Crippen LogP contribution in [0.5, 0.6) is 0 Å². The van der Waals surface area contributed by atoms with E-state index in [1.54, 1.807) is 30.6 Å². The molecule has 120 valence electrons. The predicted octanol–water partition coefficient (Wildman–Crippen LogP) is 0.407. The summed E-state index contributed by atoms with van der Waals surface area (Å²) in [5, 5.41) is 1.83. The van der Waals surface area contributed by atoms with Crippen LogP contribution in [0, 0.1) is 0 Å². The molecule has 1 aromatic heterocycles. The number of nitrogens with one attached hydrogen (secondary N) is 1. The molecule has 0 saturated carbocycles. The van der Waals surface area contributed by atoms with Crippen LogP contribution in [0.25, 0.3) is 6.08 Å². The first-order chi connectivity index (χ1) is 11.0. The van der Waals surface area contributed by atoms with Crippen LogP contribution in [0.3, 0.4) is 0 Å². The van der Waals surface area contributed by atoms with E-state index in [1.165, 1.54) is 0 Å². The van der Waals surface area contributed by atoms with E-state index in [0.717, 1.165) is 23.8 Å². The van der Waals surface area contributed by atoms with Gasteiger partial charge in [0.05, 0.1) is 12.0 Å². The van der Waals surface area contributed by atoms with Crippen LogP contribution in [0.1, 0.15) is 5.56 Å². The van der Waals surface area contributed by atoms with Gasteiger partial charge in [-0.1, -0.05) is 6.07 Å². The number of hydrogen-bond acceptors (Lipinski definition) is 7. The maximum atomic E-state index is 12.2. The number of amides is 3. The van der Waals surface area contributed by atoms with Gasteiger partial charge in [0.1, 0.15) is 0 Å². The van der Waals surface area contributed by atoms with Crippen molar-refractivity contribution in [3.63, 3.8) is 0 Å². The quantitative estimate of drug-likeness (QED) is 0.482. The lowest BCUT2D eigenvalue weighted by atomic mass is 10.2. The number of nitrogens with zero attached hydrogens (tertiary/aromatic N) is 2. The number of esters is 1. The van der Waals surface area contributed by atoms with E-state index in [-0.39, 0.29) is 18.0 Å². The number of hydrogen-bond donors (Lipinski definition) is 1. The largest absolute Gasteiger partial charge is 0.462 e. The van der Waals surface area contributed by atoms with Gasteiger partial charge in [0, 0.05) is 25.5 Å². The predicted molar refractivity (Wildman–Crippen MR) is 81.9 cm³/mol. The van der Waals surface area contributed by atoms with Crippen LogP contribution >= 0.6 is 11.8 Å². The fourth-order valence-electron chi connectivity index (χ4n) is 1.75. The molecule has 2 rings (SSSR count). The zero-order valence-corrected chi connectivity index (χ0v) is 13.0. The Balaban J connectivity index is 1.95. The number of carbonyl (C=O) groups is 4.